The van der Waals surface area contributed by atoms with E-state index in [1.165, 1.54) is 35.8 Å². The molecule has 124 valence electrons. The third kappa shape index (κ3) is 3.25. The molecule has 0 radical (unpaired) electrons. The minimum Gasteiger partial charge on any atom is -0.338 e. The van der Waals surface area contributed by atoms with Crippen molar-refractivity contribution in [2.45, 2.75) is 25.7 Å². The number of piperidine rings is 2. The summed E-state index contributed by atoms with van der Waals surface area (Å²) in [7, 11) is 0. The van der Waals surface area contributed by atoms with Gasteiger partial charge in [-0.05, 0) is 61.7 Å². The summed E-state index contributed by atoms with van der Waals surface area (Å²) in [6, 6.07) is 10.3. The van der Waals surface area contributed by atoms with E-state index < -0.39 is 0 Å². The number of carbonyl (C=O) groups excluding carboxylic acids is 1. The van der Waals surface area contributed by atoms with Gasteiger partial charge in [-0.2, -0.15) is 0 Å². The topological polar surface area (TPSA) is 32.3 Å². The molecule has 3 nitrogen and oxygen atoms in total. The highest BCUT2D eigenvalue weighted by Gasteiger charge is 2.37. The van der Waals surface area contributed by atoms with E-state index in [1.807, 2.05) is 12.1 Å². The normalized spacial score (nSPS) is 20.4. The Balaban J connectivity index is 0.00000156. The van der Waals surface area contributed by atoms with Crippen molar-refractivity contribution in [2.24, 2.45) is 5.41 Å². The zero-order chi connectivity index (χ0) is 15.0. The van der Waals surface area contributed by atoms with E-state index >= 15 is 0 Å². The lowest BCUT2D eigenvalue weighted by Crippen LogP contribution is -2.47. The molecular weight excluding hydrogens is 328 g/mol. The van der Waals surface area contributed by atoms with Gasteiger partial charge in [0.15, 0.2) is 0 Å². The van der Waals surface area contributed by atoms with Gasteiger partial charge in [-0.15, -0.1) is 23.7 Å². The van der Waals surface area contributed by atoms with Crippen LogP contribution >= 0.6 is 23.7 Å². The Labute approximate surface area is 147 Å². The molecule has 1 spiro atoms. The molecule has 23 heavy (non-hydrogen) atoms. The van der Waals surface area contributed by atoms with E-state index in [2.05, 4.69) is 28.4 Å². The molecule has 1 aromatic carbocycles. The smallest absolute Gasteiger partial charge is 0.263 e. The predicted molar refractivity (Wildman–Crippen MR) is 98.7 cm³/mol. The maximum absolute atomic E-state index is 12.8. The second-order valence-corrected chi connectivity index (χ2v) is 7.77. The fourth-order valence-electron chi connectivity index (χ4n) is 3.88. The van der Waals surface area contributed by atoms with Crippen molar-refractivity contribution >= 4 is 39.7 Å². The Morgan fingerprint density at radius 1 is 1.09 bits per heavy atom. The minimum atomic E-state index is 0. The van der Waals surface area contributed by atoms with E-state index in [4.69, 9.17) is 0 Å². The highest BCUT2D eigenvalue weighted by atomic mass is 35.5. The lowest BCUT2D eigenvalue weighted by atomic mass is 9.71. The van der Waals surface area contributed by atoms with Crippen LogP contribution in [-0.2, 0) is 0 Å². The first-order valence-corrected chi connectivity index (χ1v) is 9.06. The van der Waals surface area contributed by atoms with Gasteiger partial charge in [0.1, 0.15) is 0 Å². The Bertz CT molecular complexity index is 650. The number of halogens is 1. The minimum absolute atomic E-state index is 0. The number of rotatable bonds is 1. The number of hydrogen-bond acceptors (Lipinski definition) is 3. The fourth-order valence-corrected chi connectivity index (χ4v) is 4.92. The molecule has 4 rings (SSSR count). The van der Waals surface area contributed by atoms with Crippen LogP contribution in [0.2, 0.25) is 0 Å². The number of hydrogen-bond donors (Lipinski definition) is 1. The van der Waals surface area contributed by atoms with Crippen LogP contribution in [0.1, 0.15) is 35.4 Å². The van der Waals surface area contributed by atoms with E-state index in [9.17, 15) is 4.79 Å². The van der Waals surface area contributed by atoms with Crippen LogP contribution < -0.4 is 5.32 Å². The number of likely N-dealkylation sites (tertiary alicyclic amines) is 1. The zero-order valence-electron chi connectivity index (χ0n) is 13.2. The lowest BCUT2D eigenvalue weighted by Gasteiger charge is -2.44. The molecule has 1 amide bonds. The molecule has 2 saturated heterocycles. The Morgan fingerprint density at radius 3 is 2.48 bits per heavy atom. The molecule has 3 heterocycles. The van der Waals surface area contributed by atoms with Gasteiger partial charge >= 0.3 is 0 Å². The molecule has 0 unspecified atom stereocenters. The standard InChI is InChI=1S/C18H22N2OS.ClH/c21-17(16-13-14-3-1-2-4-15(14)22-16)20-11-7-18(8-12-20)5-9-19-10-6-18;/h1-4,13,19H,5-12H2;1H. The van der Waals surface area contributed by atoms with Crippen molar-refractivity contribution in [2.75, 3.05) is 26.2 Å². The van der Waals surface area contributed by atoms with Crippen LogP contribution in [0.25, 0.3) is 10.1 Å². The molecule has 0 saturated carbocycles. The monoisotopic (exact) mass is 350 g/mol. The van der Waals surface area contributed by atoms with Crippen molar-refractivity contribution in [1.29, 1.82) is 0 Å². The number of nitrogens with zero attached hydrogens (tertiary/aromatic N) is 1. The van der Waals surface area contributed by atoms with Gasteiger partial charge in [-0.25, -0.2) is 0 Å². The number of nitrogens with one attached hydrogen (secondary N) is 1. The summed E-state index contributed by atoms with van der Waals surface area (Å²) in [6.07, 6.45) is 4.90. The van der Waals surface area contributed by atoms with Crippen LogP contribution in [0.4, 0.5) is 0 Å². The second-order valence-electron chi connectivity index (χ2n) is 6.69. The van der Waals surface area contributed by atoms with Gasteiger partial charge < -0.3 is 10.2 Å². The highest BCUT2D eigenvalue weighted by molar-refractivity contribution is 7.20. The van der Waals surface area contributed by atoms with Gasteiger partial charge in [0, 0.05) is 17.8 Å². The first-order chi connectivity index (χ1) is 10.8. The van der Waals surface area contributed by atoms with E-state index in [0.29, 0.717) is 5.41 Å². The first-order valence-electron chi connectivity index (χ1n) is 8.24. The molecule has 5 heteroatoms. The van der Waals surface area contributed by atoms with Crippen LogP contribution in [0, 0.1) is 5.41 Å². The van der Waals surface area contributed by atoms with Crippen molar-refractivity contribution in [3.63, 3.8) is 0 Å². The van der Waals surface area contributed by atoms with Crippen molar-refractivity contribution in [1.82, 2.24) is 10.2 Å². The number of fused-ring (bicyclic) bond motifs is 1. The van der Waals surface area contributed by atoms with E-state index in [1.54, 1.807) is 11.3 Å². The summed E-state index contributed by atoms with van der Waals surface area (Å²) < 4.78 is 1.21. The van der Waals surface area contributed by atoms with Crippen LogP contribution in [0.15, 0.2) is 30.3 Å². The summed E-state index contributed by atoms with van der Waals surface area (Å²) in [5, 5.41) is 4.64. The molecule has 0 bridgehead atoms. The fraction of sp³-hybridized carbons (Fsp3) is 0.500. The summed E-state index contributed by atoms with van der Waals surface area (Å²) in [6.45, 7) is 4.13. The van der Waals surface area contributed by atoms with Gasteiger partial charge in [0.25, 0.3) is 5.91 Å². The SMILES string of the molecule is Cl.O=C(c1cc2ccccc2s1)N1CCC2(CCNCC2)CC1. The van der Waals surface area contributed by atoms with Crippen LogP contribution in [0.5, 0.6) is 0 Å². The Hall–Kier alpha value is -1.10. The Morgan fingerprint density at radius 2 is 1.78 bits per heavy atom. The summed E-state index contributed by atoms with van der Waals surface area (Å²) in [5.74, 6) is 0.227. The number of benzene rings is 1. The van der Waals surface area contributed by atoms with Crippen molar-refractivity contribution < 1.29 is 4.79 Å². The average Bonchev–Trinajstić information content (AvgIpc) is 3.00. The number of carbonyl (C=O) groups is 1. The molecular formula is C18H23ClN2OS. The highest BCUT2D eigenvalue weighted by Crippen LogP contribution is 2.40. The number of amides is 1. The van der Waals surface area contributed by atoms with Crippen LogP contribution in [0.3, 0.4) is 0 Å². The van der Waals surface area contributed by atoms with Gasteiger partial charge in [-0.3, -0.25) is 4.79 Å². The van der Waals surface area contributed by atoms with Gasteiger partial charge in [0.05, 0.1) is 4.88 Å². The van der Waals surface area contributed by atoms with E-state index in [0.717, 1.165) is 31.1 Å². The van der Waals surface area contributed by atoms with Gasteiger partial charge in [-0.1, -0.05) is 18.2 Å². The first kappa shape index (κ1) is 16.7. The van der Waals surface area contributed by atoms with Gasteiger partial charge in [0.2, 0.25) is 0 Å². The molecule has 0 aliphatic carbocycles. The summed E-state index contributed by atoms with van der Waals surface area (Å²) >= 11 is 1.62. The molecule has 2 fully saturated rings. The average molecular weight is 351 g/mol. The van der Waals surface area contributed by atoms with Crippen LogP contribution in [-0.4, -0.2) is 37.0 Å². The predicted octanol–water partition coefficient (Wildman–Crippen LogP) is 3.93. The molecule has 0 atom stereocenters. The molecule has 2 aromatic rings. The maximum atomic E-state index is 12.8. The summed E-state index contributed by atoms with van der Waals surface area (Å²) in [4.78, 5) is 15.7. The lowest BCUT2D eigenvalue weighted by molar-refractivity contribution is 0.0500. The molecule has 2 aliphatic heterocycles. The third-order valence-corrected chi connectivity index (χ3v) is 6.52. The van der Waals surface area contributed by atoms with Crippen molar-refractivity contribution in [3.05, 3.63) is 35.2 Å². The quantitative estimate of drug-likeness (QED) is 0.845. The second kappa shape index (κ2) is 6.80. The van der Waals surface area contributed by atoms with E-state index in [-0.39, 0.29) is 18.3 Å². The van der Waals surface area contributed by atoms with Crippen molar-refractivity contribution in [3.8, 4) is 0 Å². The zero-order valence-corrected chi connectivity index (χ0v) is 14.8. The number of thiophene rings is 1. The third-order valence-electron chi connectivity index (χ3n) is 5.41. The Kier molecular flexibility index (Phi) is 4.95. The largest absolute Gasteiger partial charge is 0.338 e. The molecule has 1 aromatic heterocycles. The molecule has 2 aliphatic rings. The maximum Gasteiger partial charge on any atom is 0.263 e. The molecule has 1 N–H and O–H groups in total. The summed E-state index contributed by atoms with van der Waals surface area (Å²) in [5.41, 5.74) is 0.502.